The highest BCUT2D eigenvalue weighted by Gasteiger charge is 2.14. The summed E-state index contributed by atoms with van der Waals surface area (Å²) in [5, 5.41) is 5.46. The fourth-order valence-corrected chi connectivity index (χ4v) is 3.41. The molecule has 0 aliphatic heterocycles. The second kappa shape index (κ2) is 9.24. The summed E-state index contributed by atoms with van der Waals surface area (Å²) in [6.45, 7) is -0.241. The topological polar surface area (TPSA) is 80.3 Å². The predicted octanol–water partition coefficient (Wildman–Crippen LogP) is 3.39. The van der Waals surface area contributed by atoms with Gasteiger partial charge in [-0.05, 0) is 29.8 Å². The van der Waals surface area contributed by atoms with Crippen LogP contribution in [0.5, 0.6) is 5.75 Å². The summed E-state index contributed by atoms with van der Waals surface area (Å²) < 4.78 is 31.4. The third-order valence-electron chi connectivity index (χ3n) is 3.92. The van der Waals surface area contributed by atoms with Gasteiger partial charge in [-0.25, -0.2) is 13.8 Å². The Morgan fingerprint density at radius 2 is 1.93 bits per heavy atom. The standard InChI is InChI=1S/C20H17F2N3O3S/c1-28-17-5-3-2-4-14(17)19(27)23-11-18(26)25-20-24-10-13(29-20)8-12-6-7-15(21)16(22)9-12/h2-7,9-10H,8,11H2,1H3,(H,23,27)(H,24,25,26). The molecule has 3 rings (SSSR count). The van der Waals surface area contributed by atoms with Crippen LogP contribution in [0, 0.1) is 11.6 Å². The molecule has 0 atom stereocenters. The number of methoxy groups -OCH3 is 1. The zero-order chi connectivity index (χ0) is 20.8. The van der Waals surface area contributed by atoms with E-state index in [0.717, 1.165) is 17.0 Å². The number of nitrogens with zero attached hydrogens (tertiary/aromatic N) is 1. The van der Waals surface area contributed by atoms with Crippen molar-refractivity contribution in [3.8, 4) is 5.75 Å². The molecule has 0 spiro atoms. The van der Waals surface area contributed by atoms with E-state index in [-0.39, 0.29) is 6.54 Å². The van der Waals surface area contributed by atoms with Crippen LogP contribution in [0.3, 0.4) is 0 Å². The van der Waals surface area contributed by atoms with Crippen LogP contribution in [0.4, 0.5) is 13.9 Å². The van der Waals surface area contributed by atoms with Gasteiger partial charge in [-0.3, -0.25) is 9.59 Å². The molecule has 0 aliphatic rings. The third-order valence-corrected chi connectivity index (χ3v) is 4.84. The SMILES string of the molecule is COc1ccccc1C(=O)NCC(=O)Nc1ncc(Cc2ccc(F)c(F)c2)s1. The average Bonchev–Trinajstić information content (AvgIpc) is 3.15. The predicted molar refractivity (Wildman–Crippen MR) is 105 cm³/mol. The van der Waals surface area contributed by atoms with Gasteiger partial charge < -0.3 is 15.4 Å². The van der Waals surface area contributed by atoms with Crippen molar-refractivity contribution in [2.45, 2.75) is 6.42 Å². The van der Waals surface area contributed by atoms with E-state index in [2.05, 4.69) is 15.6 Å². The van der Waals surface area contributed by atoms with E-state index < -0.39 is 23.4 Å². The van der Waals surface area contributed by atoms with E-state index >= 15 is 0 Å². The van der Waals surface area contributed by atoms with Gasteiger partial charge in [-0.1, -0.05) is 18.2 Å². The van der Waals surface area contributed by atoms with Crippen LogP contribution in [0.1, 0.15) is 20.8 Å². The van der Waals surface area contributed by atoms with E-state index in [1.807, 2.05) is 0 Å². The van der Waals surface area contributed by atoms with E-state index in [0.29, 0.717) is 28.4 Å². The van der Waals surface area contributed by atoms with Crippen LogP contribution in [0.25, 0.3) is 0 Å². The summed E-state index contributed by atoms with van der Waals surface area (Å²) in [5.74, 6) is -2.28. The lowest BCUT2D eigenvalue weighted by Gasteiger charge is -2.08. The van der Waals surface area contributed by atoms with Gasteiger partial charge in [0.2, 0.25) is 5.91 Å². The number of hydrogen-bond donors (Lipinski definition) is 2. The maximum absolute atomic E-state index is 13.3. The van der Waals surface area contributed by atoms with Crippen LogP contribution < -0.4 is 15.4 Å². The first-order valence-electron chi connectivity index (χ1n) is 8.56. The zero-order valence-electron chi connectivity index (χ0n) is 15.4. The monoisotopic (exact) mass is 417 g/mol. The molecule has 2 amide bonds. The number of ether oxygens (including phenoxy) is 1. The Balaban J connectivity index is 1.53. The summed E-state index contributed by atoms with van der Waals surface area (Å²) in [6.07, 6.45) is 1.91. The first-order chi connectivity index (χ1) is 14.0. The number of nitrogens with one attached hydrogen (secondary N) is 2. The normalized spacial score (nSPS) is 10.4. The Morgan fingerprint density at radius 1 is 1.14 bits per heavy atom. The van der Waals surface area contributed by atoms with Crippen molar-refractivity contribution in [3.05, 3.63) is 76.3 Å². The lowest BCUT2D eigenvalue weighted by atomic mass is 10.1. The molecule has 2 aromatic carbocycles. The maximum atomic E-state index is 13.3. The minimum absolute atomic E-state index is 0.241. The first kappa shape index (κ1) is 20.4. The van der Waals surface area contributed by atoms with Crippen molar-refractivity contribution in [1.29, 1.82) is 0 Å². The van der Waals surface area contributed by atoms with Gasteiger partial charge in [0.1, 0.15) is 5.75 Å². The second-order valence-corrected chi connectivity index (χ2v) is 7.10. The number of aromatic nitrogens is 1. The number of benzene rings is 2. The average molecular weight is 417 g/mol. The van der Waals surface area contributed by atoms with Gasteiger partial charge in [-0.15, -0.1) is 11.3 Å². The van der Waals surface area contributed by atoms with Crippen molar-refractivity contribution in [3.63, 3.8) is 0 Å². The number of rotatable bonds is 7. The quantitative estimate of drug-likeness (QED) is 0.618. The molecule has 0 aliphatic carbocycles. The molecule has 29 heavy (non-hydrogen) atoms. The van der Waals surface area contributed by atoms with Gasteiger partial charge >= 0.3 is 0 Å². The van der Waals surface area contributed by atoms with Gasteiger partial charge in [0.05, 0.1) is 19.2 Å². The van der Waals surface area contributed by atoms with Crippen molar-refractivity contribution in [1.82, 2.24) is 10.3 Å². The van der Waals surface area contributed by atoms with Crippen LogP contribution in [-0.2, 0) is 11.2 Å². The lowest BCUT2D eigenvalue weighted by Crippen LogP contribution is -2.33. The van der Waals surface area contributed by atoms with E-state index in [1.165, 1.54) is 24.5 Å². The lowest BCUT2D eigenvalue weighted by molar-refractivity contribution is -0.115. The highest BCUT2D eigenvalue weighted by Crippen LogP contribution is 2.22. The first-order valence-corrected chi connectivity index (χ1v) is 9.37. The molecule has 0 saturated carbocycles. The van der Waals surface area contributed by atoms with Crippen LogP contribution in [0.15, 0.2) is 48.7 Å². The zero-order valence-corrected chi connectivity index (χ0v) is 16.2. The molecule has 0 radical (unpaired) electrons. The maximum Gasteiger partial charge on any atom is 0.255 e. The Labute approximate surface area is 169 Å². The Bertz CT molecular complexity index is 1040. The number of halogens is 2. The smallest absolute Gasteiger partial charge is 0.255 e. The van der Waals surface area contributed by atoms with E-state index in [1.54, 1.807) is 30.5 Å². The van der Waals surface area contributed by atoms with E-state index in [9.17, 15) is 18.4 Å². The number of hydrogen-bond acceptors (Lipinski definition) is 5. The molecule has 9 heteroatoms. The summed E-state index contributed by atoms with van der Waals surface area (Å²) in [4.78, 5) is 29.1. The highest BCUT2D eigenvalue weighted by molar-refractivity contribution is 7.15. The largest absolute Gasteiger partial charge is 0.496 e. The van der Waals surface area contributed by atoms with Crippen LogP contribution in [-0.4, -0.2) is 30.5 Å². The number of carbonyl (C=O) groups excluding carboxylic acids is 2. The number of thiazole rings is 1. The number of amides is 2. The van der Waals surface area contributed by atoms with Gasteiger partial charge in [0, 0.05) is 17.5 Å². The summed E-state index contributed by atoms with van der Waals surface area (Å²) in [6, 6.07) is 10.4. The Kier molecular flexibility index (Phi) is 6.50. The fraction of sp³-hybridized carbons (Fsp3) is 0.150. The van der Waals surface area contributed by atoms with Crippen LogP contribution >= 0.6 is 11.3 Å². The number of para-hydroxylation sites is 1. The Hall–Kier alpha value is -3.33. The van der Waals surface area contributed by atoms with Crippen molar-refractivity contribution in [2.75, 3.05) is 19.0 Å². The molecule has 0 saturated heterocycles. The molecule has 3 aromatic rings. The Morgan fingerprint density at radius 3 is 2.69 bits per heavy atom. The van der Waals surface area contributed by atoms with Crippen molar-refractivity contribution >= 4 is 28.3 Å². The fourth-order valence-electron chi connectivity index (χ4n) is 2.55. The molecule has 150 valence electrons. The molecule has 1 aromatic heterocycles. The molecule has 6 nitrogen and oxygen atoms in total. The molecule has 2 N–H and O–H groups in total. The second-order valence-electron chi connectivity index (χ2n) is 5.99. The van der Waals surface area contributed by atoms with Gasteiger partial charge in [0.25, 0.3) is 5.91 Å². The van der Waals surface area contributed by atoms with E-state index in [4.69, 9.17) is 4.74 Å². The summed E-state index contributed by atoms with van der Waals surface area (Å²) >= 11 is 1.21. The molecular formula is C20H17F2N3O3S. The number of carbonyl (C=O) groups is 2. The molecule has 0 unspecified atom stereocenters. The van der Waals surface area contributed by atoms with Gasteiger partial charge in [0.15, 0.2) is 16.8 Å². The summed E-state index contributed by atoms with van der Waals surface area (Å²) in [5.41, 5.74) is 0.917. The van der Waals surface area contributed by atoms with Crippen molar-refractivity contribution in [2.24, 2.45) is 0 Å². The molecule has 0 fully saturated rings. The van der Waals surface area contributed by atoms with Crippen LogP contribution in [0.2, 0.25) is 0 Å². The highest BCUT2D eigenvalue weighted by atomic mass is 32.1. The minimum Gasteiger partial charge on any atom is -0.496 e. The molecule has 0 bridgehead atoms. The third kappa shape index (κ3) is 5.35. The van der Waals surface area contributed by atoms with Gasteiger partial charge in [-0.2, -0.15) is 0 Å². The molecular weight excluding hydrogens is 400 g/mol. The summed E-state index contributed by atoms with van der Waals surface area (Å²) in [7, 11) is 1.46. The number of anilines is 1. The van der Waals surface area contributed by atoms with Crippen molar-refractivity contribution < 1.29 is 23.1 Å². The molecule has 1 heterocycles. The minimum atomic E-state index is -0.911.